The van der Waals surface area contributed by atoms with Crippen LogP contribution in [-0.4, -0.2) is 17.7 Å². The average molecular weight is 151 g/mol. The lowest BCUT2D eigenvalue weighted by Gasteiger charge is -2.18. The lowest BCUT2D eigenvalue weighted by atomic mass is 9.88. The number of fused-ring (bicyclic) bond motifs is 1. The SMILES string of the molecule is CC1CNC2C=CC(O)=CC12. The standard InChI is InChI=1S/C9H13NO/c1-6-5-10-9-3-2-7(11)4-8(6)9/h2-4,6,8-11H,5H2,1H3. The molecule has 1 aliphatic heterocycles. The zero-order chi connectivity index (χ0) is 7.84. The largest absolute Gasteiger partial charge is 0.508 e. The molecule has 0 spiro atoms. The minimum atomic E-state index is 0.418. The van der Waals surface area contributed by atoms with Gasteiger partial charge in [-0.3, -0.25) is 0 Å². The van der Waals surface area contributed by atoms with Crippen LogP contribution in [0.4, 0.5) is 0 Å². The molecule has 60 valence electrons. The molecule has 3 unspecified atom stereocenters. The number of allylic oxidation sites excluding steroid dienone is 1. The van der Waals surface area contributed by atoms with Gasteiger partial charge in [-0.05, 0) is 24.6 Å². The Morgan fingerprint density at radius 2 is 2.45 bits per heavy atom. The van der Waals surface area contributed by atoms with Gasteiger partial charge < -0.3 is 10.4 Å². The van der Waals surface area contributed by atoms with Crippen molar-refractivity contribution in [3.8, 4) is 0 Å². The van der Waals surface area contributed by atoms with Gasteiger partial charge in [-0.1, -0.05) is 13.0 Å². The van der Waals surface area contributed by atoms with E-state index in [0.717, 1.165) is 6.54 Å². The van der Waals surface area contributed by atoms with E-state index >= 15 is 0 Å². The van der Waals surface area contributed by atoms with E-state index in [1.54, 1.807) is 6.08 Å². The Morgan fingerprint density at radius 3 is 3.27 bits per heavy atom. The fraction of sp³-hybridized carbons (Fsp3) is 0.556. The number of hydrogen-bond donors (Lipinski definition) is 2. The highest BCUT2D eigenvalue weighted by molar-refractivity contribution is 5.24. The smallest absolute Gasteiger partial charge is 0.111 e. The topological polar surface area (TPSA) is 32.3 Å². The van der Waals surface area contributed by atoms with Crippen LogP contribution < -0.4 is 5.32 Å². The van der Waals surface area contributed by atoms with Crippen molar-refractivity contribution in [1.82, 2.24) is 5.32 Å². The summed E-state index contributed by atoms with van der Waals surface area (Å²) in [4.78, 5) is 0. The number of aliphatic hydroxyl groups is 1. The summed E-state index contributed by atoms with van der Waals surface area (Å²) in [6, 6.07) is 0.459. The zero-order valence-electron chi connectivity index (χ0n) is 6.62. The van der Waals surface area contributed by atoms with Gasteiger partial charge in [0.15, 0.2) is 0 Å². The highest BCUT2D eigenvalue weighted by Gasteiger charge is 2.31. The van der Waals surface area contributed by atoms with Crippen molar-refractivity contribution < 1.29 is 5.11 Å². The van der Waals surface area contributed by atoms with Crippen molar-refractivity contribution in [2.75, 3.05) is 6.54 Å². The maximum atomic E-state index is 9.22. The summed E-state index contributed by atoms with van der Waals surface area (Å²) in [5.41, 5.74) is 0. The molecule has 0 aromatic carbocycles. The van der Waals surface area contributed by atoms with Gasteiger partial charge in [-0.25, -0.2) is 0 Å². The maximum absolute atomic E-state index is 9.22. The second kappa shape index (κ2) is 2.38. The second-order valence-corrected chi connectivity index (χ2v) is 3.44. The Hall–Kier alpha value is -0.760. The molecule has 0 amide bonds. The number of hydrogen-bond acceptors (Lipinski definition) is 2. The third-order valence-corrected chi connectivity index (χ3v) is 2.58. The Kier molecular flexibility index (Phi) is 1.50. The van der Waals surface area contributed by atoms with Crippen molar-refractivity contribution in [2.24, 2.45) is 11.8 Å². The molecule has 1 heterocycles. The monoisotopic (exact) mass is 151 g/mol. The predicted molar refractivity (Wildman–Crippen MR) is 44.3 cm³/mol. The number of rotatable bonds is 0. The summed E-state index contributed by atoms with van der Waals surface area (Å²) >= 11 is 0. The second-order valence-electron chi connectivity index (χ2n) is 3.44. The lowest BCUT2D eigenvalue weighted by Crippen LogP contribution is -2.25. The van der Waals surface area contributed by atoms with Crippen molar-refractivity contribution in [3.63, 3.8) is 0 Å². The van der Waals surface area contributed by atoms with E-state index in [-0.39, 0.29) is 0 Å². The van der Waals surface area contributed by atoms with E-state index in [1.165, 1.54) is 0 Å². The third kappa shape index (κ3) is 1.07. The first-order chi connectivity index (χ1) is 5.27. The third-order valence-electron chi connectivity index (χ3n) is 2.58. The molecule has 0 radical (unpaired) electrons. The van der Waals surface area contributed by atoms with Crippen LogP contribution in [0.3, 0.4) is 0 Å². The van der Waals surface area contributed by atoms with Gasteiger partial charge in [0.05, 0.1) is 0 Å². The van der Waals surface area contributed by atoms with E-state index in [0.29, 0.717) is 23.6 Å². The van der Waals surface area contributed by atoms with E-state index in [2.05, 4.69) is 12.2 Å². The van der Waals surface area contributed by atoms with Crippen LogP contribution in [0.5, 0.6) is 0 Å². The van der Waals surface area contributed by atoms with E-state index < -0.39 is 0 Å². The average Bonchev–Trinajstić information content (AvgIpc) is 2.33. The first-order valence-corrected chi connectivity index (χ1v) is 4.10. The minimum absolute atomic E-state index is 0.418. The number of nitrogens with one attached hydrogen (secondary N) is 1. The summed E-state index contributed by atoms with van der Waals surface area (Å²) in [7, 11) is 0. The Bertz CT molecular complexity index is 220. The van der Waals surface area contributed by atoms with Crippen LogP contribution in [0.2, 0.25) is 0 Å². The van der Waals surface area contributed by atoms with Gasteiger partial charge >= 0.3 is 0 Å². The lowest BCUT2D eigenvalue weighted by molar-refractivity contribution is 0.401. The summed E-state index contributed by atoms with van der Waals surface area (Å²) in [5, 5.41) is 12.6. The van der Waals surface area contributed by atoms with Gasteiger partial charge in [0.25, 0.3) is 0 Å². The summed E-state index contributed by atoms with van der Waals surface area (Å²) < 4.78 is 0. The van der Waals surface area contributed by atoms with Crippen molar-refractivity contribution in [3.05, 3.63) is 24.0 Å². The maximum Gasteiger partial charge on any atom is 0.111 e. The van der Waals surface area contributed by atoms with E-state index in [9.17, 15) is 5.11 Å². The molecule has 2 heteroatoms. The first-order valence-electron chi connectivity index (χ1n) is 4.10. The molecule has 1 fully saturated rings. The van der Waals surface area contributed by atoms with Crippen LogP contribution in [0.1, 0.15) is 6.92 Å². The summed E-state index contributed by atoms with van der Waals surface area (Å²) in [6.45, 7) is 3.27. The molecule has 0 bridgehead atoms. The summed E-state index contributed by atoms with van der Waals surface area (Å²) in [6.07, 6.45) is 5.77. The van der Waals surface area contributed by atoms with Crippen LogP contribution in [0.15, 0.2) is 24.0 Å². The summed E-state index contributed by atoms with van der Waals surface area (Å²) in [5.74, 6) is 1.56. The van der Waals surface area contributed by atoms with Crippen molar-refractivity contribution in [2.45, 2.75) is 13.0 Å². The molecular weight excluding hydrogens is 138 g/mol. The minimum Gasteiger partial charge on any atom is -0.508 e. The van der Waals surface area contributed by atoms with Gasteiger partial charge in [0.1, 0.15) is 5.76 Å². The molecule has 2 rings (SSSR count). The molecule has 2 aliphatic rings. The molecule has 0 saturated carbocycles. The molecule has 3 atom stereocenters. The highest BCUT2D eigenvalue weighted by atomic mass is 16.3. The van der Waals surface area contributed by atoms with E-state index in [1.807, 2.05) is 12.2 Å². The molecule has 0 aromatic heterocycles. The molecule has 1 aliphatic carbocycles. The van der Waals surface area contributed by atoms with Crippen molar-refractivity contribution >= 4 is 0 Å². The first kappa shape index (κ1) is 6.92. The van der Waals surface area contributed by atoms with Crippen LogP contribution in [0, 0.1) is 11.8 Å². The normalized spacial score (nSPS) is 41.9. The Morgan fingerprint density at radius 1 is 1.64 bits per heavy atom. The predicted octanol–water partition coefficient (Wildman–Crippen LogP) is 1.22. The van der Waals surface area contributed by atoms with Crippen molar-refractivity contribution in [1.29, 1.82) is 0 Å². The van der Waals surface area contributed by atoms with Crippen LogP contribution in [-0.2, 0) is 0 Å². The quantitative estimate of drug-likeness (QED) is 0.545. The fourth-order valence-electron chi connectivity index (χ4n) is 1.87. The van der Waals surface area contributed by atoms with Gasteiger partial charge in [-0.15, -0.1) is 0 Å². The molecule has 11 heavy (non-hydrogen) atoms. The fourth-order valence-corrected chi connectivity index (χ4v) is 1.87. The van der Waals surface area contributed by atoms with Crippen LogP contribution in [0.25, 0.3) is 0 Å². The molecule has 0 aromatic rings. The molecule has 1 saturated heterocycles. The Labute approximate surface area is 66.6 Å². The van der Waals surface area contributed by atoms with Gasteiger partial charge in [-0.2, -0.15) is 0 Å². The van der Waals surface area contributed by atoms with Gasteiger partial charge in [0.2, 0.25) is 0 Å². The highest BCUT2D eigenvalue weighted by Crippen LogP contribution is 2.28. The number of aliphatic hydroxyl groups excluding tert-OH is 1. The van der Waals surface area contributed by atoms with Crippen LogP contribution >= 0.6 is 0 Å². The van der Waals surface area contributed by atoms with Gasteiger partial charge in [0, 0.05) is 12.0 Å². The Balaban J connectivity index is 2.22. The molecular formula is C9H13NO. The molecule has 2 nitrogen and oxygen atoms in total. The zero-order valence-corrected chi connectivity index (χ0v) is 6.62. The molecule has 2 N–H and O–H groups in total. The van der Waals surface area contributed by atoms with E-state index in [4.69, 9.17) is 0 Å².